The highest BCUT2D eigenvalue weighted by Crippen LogP contribution is 2.15. The van der Waals surface area contributed by atoms with Crippen LogP contribution in [0.5, 0.6) is 5.75 Å². The Kier molecular flexibility index (Phi) is 4.93. The number of ether oxygens (including phenoxy) is 1. The maximum Gasteiger partial charge on any atom is 0.228 e. The zero-order valence-corrected chi connectivity index (χ0v) is 12.2. The van der Waals surface area contributed by atoms with Crippen LogP contribution in [0.25, 0.3) is 0 Å². The third kappa shape index (κ3) is 4.31. The monoisotopic (exact) mass is 287 g/mol. The Hall–Kier alpha value is -2.36. The normalized spacial score (nSPS) is 10.2. The van der Waals surface area contributed by atoms with Crippen LogP contribution in [-0.2, 0) is 11.2 Å². The molecule has 110 valence electrons. The largest absolute Gasteiger partial charge is 0.494 e. The van der Waals surface area contributed by atoms with E-state index < -0.39 is 0 Å². The van der Waals surface area contributed by atoms with E-state index in [0.717, 1.165) is 11.3 Å². The predicted molar refractivity (Wildman–Crippen MR) is 81.1 cm³/mol. The Morgan fingerprint density at radius 1 is 1.19 bits per heavy atom. The lowest BCUT2D eigenvalue weighted by molar-refractivity contribution is -0.115. The van der Waals surface area contributed by atoms with Gasteiger partial charge in [0.15, 0.2) is 0 Å². The standard InChI is InChI=1S/C17H18FNO2/c1-3-21-15-8-5-13(6-9-15)10-17(20)19-14-7-4-12(2)16(18)11-14/h4-9,11H,3,10H2,1-2H3,(H,19,20). The number of rotatable bonds is 5. The van der Waals surface area contributed by atoms with Crippen molar-refractivity contribution in [1.29, 1.82) is 0 Å². The summed E-state index contributed by atoms with van der Waals surface area (Å²) in [5.41, 5.74) is 1.90. The van der Waals surface area contributed by atoms with Gasteiger partial charge in [-0.15, -0.1) is 0 Å². The van der Waals surface area contributed by atoms with Crippen LogP contribution in [0.1, 0.15) is 18.1 Å². The van der Waals surface area contributed by atoms with Crippen molar-refractivity contribution < 1.29 is 13.9 Å². The molecule has 0 bridgehead atoms. The van der Waals surface area contributed by atoms with Gasteiger partial charge in [0.25, 0.3) is 0 Å². The fourth-order valence-electron chi connectivity index (χ4n) is 1.93. The molecule has 4 heteroatoms. The fraction of sp³-hybridized carbons (Fsp3) is 0.235. The van der Waals surface area contributed by atoms with Crippen molar-refractivity contribution in [2.75, 3.05) is 11.9 Å². The minimum absolute atomic E-state index is 0.178. The van der Waals surface area contributed by atoms with Gasteiger partial charge in [-0.3, -0.25) is 4.79 Å². The van der Waals surface area contributed by atoms with E-state index in [4.69, 9.17) is 4.74 Å². The highest BCUT2D eigenvalue weighted by molar-refractivity contribution is 5.92. The first-order valence-electron chi connectivity index (χ1n) is 6.86. The van der Waals surface area contributed by atoms with Gasteiger partial charge in [-0.05, 0) is 49.2 Å². The van der Waals surface area contributed by atoms with Crippen LogP contribution >= 0.6 is 0 Å². The van der Waals surface area contributed by atoms with Crippen molar-refractivity contribution in [1.82, 2.24) is 0 Å². The first-order valence-corrected chi connectivity index (χ1v) is 6.86. The lowest BCUT2D eigenvalue weighted by Crippen LogP contribution is -2.14. The van der Waals surface area contributed by atoms with Crippen molar-refractivity contribution in [3.8, 4) is 5.75 Å². The molecule has 0 aliphatic carbocycles. The number of aryl methyl sites for hydroxylation is 1. The van der Waals surface area contributed by atoms with Crippen LogP contribution < -0.4 is 10.1 Å². The summed E-state index contributed by atoms with van der Waals surface area (Å²) in [4.78, 5) is 11.9. The first-order chi connectivity index (χ1) is 10.1. The molecule has 0 unspecified atom stereocenters. The minimum Gasteiger partial charge on any atom is -0.494 e. The van der Waals surface area contributed by atoms with E-state index in [1.807, 2.05) is 31.2 Å². The van der Waals surface area contributed by atoms with Gasteiger partial charge in [0.2, 0.25) is 5.91 Å². The number of carbonyl (C=O) groups excluding carboxylic acids is 1. The van der Waals surface area contributed by atoms with Gasteiger partial charge in [-0.25, -0.2) is 4.39 Å². The van der Waals surface area contributed by atoms with Crippen molar-refractivity contribution in [3.63, 3.8) is 0 Å². The lowest BCUT2D eigenvalue weighted by atomic mass is 10.1. The number of anilines is 1. The molecule has 2 aromatic carbocycles. The van der Waals surface area contributed by atoms with E-state index in [0.29, 0.717) is 17.9 Å². The fourth-order valence-corrected chi connectivity index (χ4v) is 1.93. The smallest absolute Gasteiger partial charge is 0.228 e. The minimum atomic E-state index is -0.325. The summed E-state index contributed by atoms with van der Waals surface area (Å²) in [6.45, 7) is 4.21. The first kappa shape index (κ1) is 15.0. The van der Waals surface area contributed by atoms with Crippen molar-refractivity contribution >= 4 is 11.6 Å². The molecule has 0 fully saturated rings. The molecule has 21 heavy (non-hydrogen) atoms. The lowest BCUT2D eigenvalue weighted by Gasteiger charge is -2.07. The molecule has 1 N–H and O–H groups in total. The highest BCUT2D eigenvalue weighted by atomic mass is 19.1. The number of halogens is 1. The molecule has 0 saturated heterocycles. The molecule has 0 atom stereocenters. The molecular formula is C17H18FNO2. The number of nitrogens with one attached hydrogen (secondary N) is 1. The van der Waals surface area contributed by atoms with Gasteiger partial charge in [0, 0.05) is 5.69 Å². The van der Waals surface area contributed by atoms with Gasteiger partial charge in [0.1, 0.15) is 11.6 Å². The van der Waals surface area contributed by atoms with E-state index in [1.54, 1.807) is 19.1 Å². The third-order valence-electron chi connectivity index (χ3n) is 3.05. The Morgan fingerprint density at radius 2 is 1.90 bits per heavy atom. The van der Waals surface area contributed by atoms with Crippen LogP contribution in [0, 0.1) is 12.7 Å². The van der Waals surface area contributed by atoms with E-state index in [2.05, 4.69) is 5.32 Å². The summed E-state index contributed by atoms with van der Waals surface area (Å²) >= 11 is 0. The Bertz CT molecular complexity index is 623. The molecule has 0 aliphatic rings. The van der Waals surface area contributed by atoms with Crippen LogP contribution in [0.15, 0.2) is 42.5 Å². The number of hydrogen-bond donors (Lipinski definition) is 1. The SMILES string of the molecule is CCOc1ccc(CC(=O)Nc2ccc(C)c(F)c2)cc1. The van der Waals surface area contributed by atoms with Crippen LogP contribution in [0.2, 0.25) is 0 Å². The Morgan fingerprint density at radius 3 is 2.52 bits per heavy atom. The molecule has 3 nitrogen and oxygen atoms in total. The van der Waals surface area contributed by atoms with Crippen LogP contribution in [0.3, 0.4) is 0 Å². The second-order valence-corrected chi connectivity index (χ2v) is 4.77. The molecule has 0 saturated carbocycles. The van der Waals surface area contributed by atoms with Gasteiger partial charge in [-0.2, -0.15) is 0 Å². The Labute approximate surface area is 123 Å². The molecule has 0 aliphatic heterocycles. The summed E-state index contributed by atoms with van der Waals surface area (Å²) in [6, 6.07) is 12.0. The van der Waals surface area contributed by atoms with Gasteiger partial charge in [-0.1, -0.05) is 18.2 Å². The number of carbonyl (C=O) groups is 1. The summed E-state index contributed by atoms with van der Waals surface area (Å²) < 4.78 is 18.8. The average molecular weight is 287 g/mol. The van der Waals surface area contributed by atoms with E-state index in [9.17, 15) is 9.18 Å². The number of amides is 1. The zero-order chi connectivity index (χ0) is 15.2. The van der Waals surface area contributed by atoms with Gasteiger partial charge < -0.3 is 10.1 Å². The molecule has 0 radical (unpaired) electrons. The van der Waals surface area contributed by atoms with E-state index >= 15 is 0 Å². The van der Waals surface area contributed by atoms with Gasteiger partial charge >= 0.3 is 0 Å². The third-order valence-corrected chi connectivity index (χ3v) is 3.05. The van der Waals surface area contributed by atoms with E-state index in [-0.39, 0.29) is 18.1 Å². The maximum atomic E-state index is 13.4. The predicted octanol–water partition coefficient (Wildman–Crippen LogP) is 3.71. The van der Waals surface area contributed by atoms with Crippen LogP contribution in [0.4, 0.5) is 10.1 Å². The molecular weight excluding hydrogens is 269 g/mol. The molecule has 0 heterocycles. The molecule has 0 spiro atoms. The average Bonchev–Trinajstić information content (AvgIpc) is 2.45. The van der Waals surface area contributed by atoms with Crippen LogP contribution in [-0.4, -0.2) is 12.5 Å². The maximum absolute atomic E-state index is 13.4. The quantitative estimate of drug-likeness (QED) is 0.910. The van der Waals surface area contributed by atoms with Crippen molar-refractivity contribution in [2.24, 2.45) is 0 Å². The summed E-state index contributed by atoms with van der Waals surface area (Å²) in [5.74, 6) is 0.276. The number of hydrogen-bond acceptors (Lipinski definition) is 2. The zero-order valence-electron chi connectivity index (χ0n) is 12.2. The molecule has 2 rings (SSSR count). The topological polar surface area (TPSA) is 38.3 Å². The highest BCUT2D eigenvalue weighted by Gasteiger charge is 2.06. The molecule has 2 aromatic rings. The summed E-state index contributed by atoms with van der Waals surface area (Å²) in [7, 11) is 0. The summed E-state index contributed by atoms with van der Waals surface area (Å²) in [5, 5.41) is 2.69. The molecule has 0 aromatic heterocycles. The van der Waals surface area contributed by atoms with Crippen molar-refractivity contribution in [3.05, 3.63) is 59.4 Å². The second kappa shape index (κ2) is 6.88. The summed E-state index contributed by atoms with van der Waals surface area (Å²) in [6.07, 6.45) is 0.238. The second-order valence-electron chi connectivity index (χ2n) is 4.77. The van der Waals surface area contributed by atoms with E-state index in [1.165, 1.54) is 6.07 Å². The number of benzene rings is 2. The van der Waals surface area contributed by atoms with Gasteiger partial charge in [0.05, 0.1) is 13.0 Å². The Balaban J connectivity index is 1.96. The molecule has 1 amide bonds. The van der Waals surface area contributed by atoms with Crippen molar-refractivity contribution in [2.45, 2.75) is 20.3 Å².